The predicted molar refractivity (Wildman–Crippen MR) is 131 cm³/mol. The van der Waals surface area contributed by atoms with Crippen molar-refractivity contribution in [1.82, 2.24) is 4.90 Å². The second-order valence-corrected chi connectivity index (χ2v) is 9.14. The van der Waals surface area contributed by atoms with E-state index in [9.17, 15) is 18.3 Å². The Morgan fingerprint density at radius 3 is 2.24 bits per heavy atom. The van der Waals surface area contributed by atoms with Crippen LogP contribution in [0.5, 0.6) is 0 Å². The number of alkyl halides is 3. The molecule has 1 aliphatic heterocycles. The highest BCUT2D eigenvalue weighted by Crippen LogP contribution is 2.32. The number of benzene rings is 3. The molecule has 0 fully saturated rings. The third kappa shape index (κ3) is 6.50. The van der Waals surface area contributed by atoms with Gasteiger partial charge in [0.15, 0.2) is 0 Å². The number of aliphatic hydroxyl groups is 1. The van der Waals surface area contributed by atoms with Crippen molar-refractivity contribution in [2.24, 2.45) is 0 Å². The van der Waals surface area contributed by atoms with Gasteiger partial charge in [0.05, 0.1) is 11.7 Å². The van der Waals surface area contributed by atoms with Crippen molar-refractivity contribution in [3.05, 3.63) is 112 Å². The molecule has 0 spiro atoms. The van der Waals surface area contributed by atoms with Crippen LogP contribution in [0.25, 0.3) is 5.57 Å². The Bertz CT molecular complexity index is 1120. The molecular weight excluding hydrogens is 459 g/mol. The lowest BCUT2D eigenvalue weighted by molar-refractivity contribution is -0.137. The smallest absolute Gasteiger partial charge is 0.388 e. The molecule has 0 aromatic heterocycles. The van der Waals surface area contributed by atoms with Crippen LogP contribution in [0, 0.1) is 0 Å². The molecule has 1 atom stereocenters. The van der Waals surface area contributed by atoms with E-state index in [0.717, 1.165) is 41.7 Å². The molecular formula is C28H27ClF3NO. The van der Waals surface area contributed by atoms with E-state index in [1.54, 1.807) is 6.07 Å². The van der Waals surface area contributed by atoms with Crippen LogP contribution in [-0.2, 0) is 12.6 Å². The average molecular weight is 486 g/mol. The molecule has 0 aliphatic carbocycles. The first-order chi connectivity index (χ1) is 16.3. The summed E-state index contributed by atoms with van der Waals surface area (Å²) >= 11 is 5.94. The Balaban J connectivity index is 1.28. The third-order valence-corrected chi connectivity index (χ3v) is 6.51. The number of aliphatic hydroxyl groups excluding tert-OH is 1. The molecule has 4 rings (SSSR count). The maximum absolute atomic E-state index is 13.0. The van der Waals surface area contributed by atoms with Gasteiger partial charge >= 0.3 is 6.18 Å². The summed E-state index contributed by atoms with van der Waals surface area (Å²) in [6.45, 7) is 2.15. The fraction of sp³-hybridized carbons (Fsp3) is 0.286. The molecule has 1 unspecified atom stereocenters. The van der Waals surface area contributed by atoms with Crippen molar-refractivity contribution in [1.29, 1.82) is 0 Å². The summed E-state index contributed by atoms with van der Waals surface area (Å²) in [7, 11) is 0. The SMILES string of the molecule is OC(CCN1CC=C(c2cccc(C(F)(F)F)c2)CC1)c1ccc(Cc2ccc(Cl)cc2)cc1. The van der Waals surface area contributed by atoms with Crippen molar-refractivity contribution >= 4 is 17.2 Å². The Hall–Kier alpha value is -2.60. The van der Waals surface area contributed by atoms with E-state index in [-0.39, 0.29) is 0 Å². The van der Waals surface area contributed by atoms with Gasteiger partial charge in [-0.15, -0.1) is 0 Å². The molecule has 6 heteroatoms. The van der Waals surface area contributed by atoms with E-state index in [2.05, 4.69) is 4.90 Å². The van der Waals surface area contributed by atoms with E-state index in [0.29, 0.717) is 24.9 Å². The topological polar surface area (TPSA) is 23.5 Å². The maximum Gasteiger partial charge on any atom is 0.416 e. The lowest BCUT2D eigenvalue weighted by Gasteiger charge is -2.27. The normalized spacial score (nSPS) is 15.7. The maximum atomic E-state index is 13.0. The molecule has 1 N–H and O–H groups in total. The van der Waals surface area contributed by atoms with Crippen LogP contribution in [0.1, 0.15) is 46.8 Å². The second kappa shape index (κ2) is 10.8. The summed E-state index contributed by atoms with van der Waals surface area (Å²) in [5.74, 6) is 0. The Morgan fingerprint density at radius 2 is 1.62 bits per heavy atom. The molecule has 0 amide bonds. The van der Waals surface area contributed by atoms with Crippen molar-refractivity contribution in [2.45, 2.75) is 31.5 Å². The number of halogens is 4. The summed E-state index contributed by atoms with van der Waals surface area (Å²) in [4.78, 5) is 2.22. The second-order valence-electron chi connectivity index (χ2n) is 8.71. The molecule has 1 heterocycles. The zero-order valence-corrected chi connectivity index (χ0v) is 19.5. The molecule has 0 saturated heterocycles. The Kier molecular flexibility index (Phi) is 7.77. The molecule has 3 aromatic rings. The summed E-state index contributed by atoms with van der Waals surface area (Å²) in [6.07, 6.45) is -0.793. The van der Waals surface area contributed by atoms with Gasteiger partial charge in [-0.1, -0.05) is 66.2 Å². The molecule has 34 heavy (non-hydrogen) atoms. The van der Waals surface area contributed by atoms with Gasteiger partial charge < -0.3 is 5.11 Å². The van der Waals surface area contributed by atoms with Crippen molar-refractivity contribution in [2.75, 3.05) is 19.6 Å². The van der Waals surface area contributed by atoms with Crippen LogP contribution >= 0.6 is 11.6 Å². The van der Waals surface area contributed by atoms with Gasteiger partial charge in [0, 0.05) is 24.7 Å². The van der Waals surface area contributed by atoms with Gasteiger partial charge in [-0.05, 0) is 71.4 Å². The zero-order valence-electron chi connectivity index (χ0n) is 18.7. The van der Waals surface area contributed by atoms with E-state index >= 15 is 0 Å². The monoisotopic (exact) mass is 485 g/mol. The molecule has 0 radical (unpaired) electrons. The first-order valence-electron chi connectivity index (χ1n) is 11.4. The van der Waals surface area contributed by atoms with E-state index < -0.39 is 17.8 Å². The van der Waals surface area contributed by atoms with Crippen molar-refractivity contribution < 1.29 is 18.3 Å². The van der Waals surface area contributed by atoms with Gasteiger partial charge in [0.25, 0.3) is 0 Å². The predicted octanol–water partition coefficient (Wildman–Crippen LogP) is 7.16. The van der Waals surface area contributed by atoms with Crippen LogP contribution in [0.2, 0.25) is 5.02 Å². The number of hydrogen-bond acceptors (Lipinski definition) is 2. The molecule has 178 valence electrons. The molecule has 2 nitrogen and oxygen atoms in total. The van der Waals surface area contributed by atoms with Crippen LogP contribution in [0.4, 0.5) is 13.2 Å². The zero-order chi connectivity index (χ0) is 24.1. The number of rotatable bonds is 7. The third-order valence-electron chi connectivity index (χ3n) is 6.26. The largest absolute Gasteiger partial charge is 0.416 e. The summed E-state index contributed by atoms with van der Waals surface area (Å²) in [6, 6.07) is 21.3. The Morgan fingerprint density at radius 1 is 0.941 bits per heavy atom. The highest BCUT2D eigenvalue weighted by Gasteiger charge is 2.30. The average Bonchev–Trinajstić information content (AvgIpc) is 2.84. The highest BCUT2D eigenvalue weighted by molar-refractivity contribution is 6.30. The van der Waals surface area contributed by atoms with Crippen LogP contribution in [-0.4, -0.2) is 29.6 Å². The molecule has 3 aromatic carbocycles. The first-order valence-corrected chi connectivity index (χ1v) is 11.8. The Labute approximate surface area is 203 Å². The highest BCUT2D eigenvalue weighted by atomic mass is 35.5. The van der Waals surface area contributed by atoms with Gasteiger partial charge in [0.1, 0.15) is 0 Å². The van der Waals surface area contributed by atoms with Crippen molar-refractivity contribution in [3.8, 4) is 0 Å². The van der Waals surface area contributed by atoms with E-state index in [1.165, 1.54) is 23.3 Å². The van der Waals surface area contributed by atoms with E-state index in [1.807, 2.05) is 54.6 Å². The van der Waals surface area contributed by atoms with Gasteiger partial charge in [-0.3, -0.25) is 4.90 Å². The lowest BCUT2D eigenvalue weighted by Crippen LogP contribution is -2.30. The summed E-state index contributed by atoms with van der Waals surface area (Å²) in [5, 5.41) is 11.4. The van der Waals surface area contributed by atoms with Gasteiger partial charge in [-0.25, -0.2) is 0 Å². The van der Waals surface area contributed by atoms with Gasteiger partial charge in [-0.2, -0.15) is 13.2 Å². The minimum atomic E-state index is -4.33. The van der Waals surface area contributed by atoms with Crippen LogP contribution < -0.4 is 0 Å². The van der Waals surface area contributed by atoms with Crippen molar-refractivity contribution in [3.63, 3.8) is 0 Å². The van der Waals surface area contributed by atoms with Crippen LogP contribution in [0.3, 0.4) is 0 Å². The number of nitrogens with zero attached hydrogens (tertiary/aromatic N) is 1. The number of hydrogen-bond donors (Lipinski definition) is 1. The lowest BCUT2D eigenvalue weighted by atomic mass is 9.97. The first kappa shape index (κ1) is 24.5. The fourth-order valence-corrected chi connectivity index (χ4v) is 4.36. The van der Waals surface area contributed by atoms with Gasteiger partial charge in [0.2, 0.25) is 0 Å². The fourth-order valence-electron chi connectivity index (χ4n) is 4.24. The molecule has 1 aliphatic rings. The standard InChI is InChI=1S/C28H27ClF3NO/c29-26-10-6-21(7-11-26)18-20-4-8-23(9-5-20)27(34)14-17-33-15-12-22(13-16-33)24-2-1-3-25(19-24)28(30,31)32/h1-12,19,27,34H,13-18H2. The van der Waals surface area contributed by atoms with Crippen LogP contribution in [0.15, 0.2) is 78.9 Å². The summed E-state index contributed by atoms with van der Waals surface area (Å²) < 4.78 is 39.0. The molecule has 0 saturated carbocycles. The minimum absolute atomic E-state index is 0.557. The molecule has 0 bridgehead atoms. The summed E-state index contributed by atoms with van der Waals surface area (Å²) in [5.41, 5.74) is 4.20. The van der Waals surface area contributed by atoms with E-state index in [4.69, 9.17) is 11.6 Å². The quantitative estimate of drug-likeness (QED) is 0.383. The minimum Gasteiger partial charge on any atom is -0.388 e.